The molecule has 3 heterocycles. The Morgan fingerprint density at radius 2 is 1.67 bits per heavy atom. The maximum absolute atomic E-state index is 14.6. The molecule has 0 fully saturated rings. The number of nitrogens with zero attached hydrogens (tertiary/aromatic N) is 3. The summed E-state index contributed by atoms with van der Waals surface area (Å²) in [5, 5.41) is 0.942. The molecule has 4 aromatic carbocycles. The van der Waals surface area contributed by atoms with Crippen LogP contribution in [0, 0.1) is 5.82 Å². The fourth-order valence-electron chi connectivity index (χ4n) is 6.29. The van der Waals surface area contributed by atoms with E-state index < -0.39 is 12.0 Å². The molecule has 7 rings (SSSR count). The van der Waals surface area contributed by atoms with E-state index in [1.807, 2.05) is 102 Å². The lowest BCUT2D eigenvalue weighted by Crippen LogP contribution is -2.40. The van der Waals surface area contributed by atoms with Crippen molar-refractivity contribution in [3.8, 4) is 0 Å². The van der Waals surface area contributed by atoms with Gasteiger partial charge < -0.3 is 9.30 Å². The lowest BCUT2D eigenvalue weighted by Gasteiger charge is -2.26. The molecular weight excluding hydrogens is 622 g/mol. The number of rotatable bonds is 8. The van der Waals surface area contributed by atoms with Crippen LogP contribution in [0.2, 0.25) is 0 Å². The third-order valence-corrected chi connectivity index (χ3v) is 9.68. The maximum Gasteiger partial charge on any atom is 0.338 e. The van der Waals surface area contributed by atoms with Crippen LogP contribution >= 0.6 is 11.3 Å². The number of ether oxygens (including phenoxy) is 1. The molecular formula is C40H34FN3O3S. The Morgan fingerprint density at radius 1 is 0.958 bits per heavy atom. The highest BCUT2D eigenvalue weighted by Crippen LogP contribution is 2.35. The summed E-state index contributed by atoms with van der Waals surface area (Å²) in [6.45, 7) is 6.56. The smallest absolute Gasteiger partial charge is 0.338 e. The molecule has 0 saturated heterocycles. The molecule has 0 saturated carbocycles. The highest BCUT2D eigenvalue weighted by atomic mass is 32.1. The van der Waals surface area contributed by atoms with Gasteiger partial charge in [0.1, 0.15) is 5.82 Å². The molecule has 0 bridgehead atoms. The van der Waals surface area contributed by atoms with Crippen LogP contribution < -0.4 is 14.9 Å². The molecule has 1 aliphatic heterocycles. The Kier molecular flexibility index (Phi) is 8.50. The summed E-state index contributed by atoms with van der Waals surface area (Å²) in [4.78, 5) is 33.7. The van der Waals surface area contributed by atoms with Crippen molar-refractivity contribution >= 4 is 40.0 Å². The number of hydrogen-bond acceptors (Lipinski definition) is 5. The van der Waals surface area contributed by atoms with Gasteiger partial charge in [0, 0.05) is 33.8 Å². The molecule has 2 aromatic heterocycles. The Hall–Kier alpha value is -5.34. The third-order valence-electron chi connectivity index (χ3n) is 8.70. The first-order valence-corrected chi connectivity index (χ1v) is 16.8. The summed E-state index contributed by atoms with van der Waals surface area (Å²) >= 11 is 1.29. The van der Waals surface area contributed by atoms with E-state index in [4.69, 9.17) is 9.73 Å². The number of thiazole rings is 1. The van der Waals surface area contributed by atoms with Gasteiger partial charge in [-0.05, 0) is 42.2 Å². The number of fused-ring (bicyclic) bond motifs is 2. The van der Waals surface area contributed by atoms with Crippen LogP contribution in [0.25, 0.3) is 22.7 Å². The SMILES string of the molecule is CCOC(=O)C1=C(c2ccccc2)N=c2s/c(=C\c3cn(Cc4ccccc4F)c4ccccc34)c(=O)n2C1c1ccc(C(C)C)cc1. The summed E-state index contributed by atoms with van der Waals surface area (Å²) < 4.78 is 24.3. The lowest BCUT2D eigenvalue weighted by atomic mass is 9.91. The first-order valence-electron chi connectivity index (χ1n) is 16.0. The van der Waals surface area contributed by atoms with Crippen molar-refractivity contribution in [3.63, 3.8) is 0 Å². The van der Waals surface area contributed by atoms with Gasteiger partial charge >= 0.3 is 5.97 Å². The van der Waals surface area contributed by atoms with Crippen molar-refractivity contribution < 1.29 is 13.9 Å². The number of carbonyl (C=O) groups is 1. The number of hydrogen-bond donors (Lipinski definition) is 0. The monoisotopic (exact) mass is 655 g/mol. The highest BCUT2D eigenvalue weighted by Gasteiger charge is 2.35. The summed E-state index contributed by atoms with van der Waals surface area (Å²) in [7, 11) is 0. The minimum atomic E-state index is -0.749. The Balaban J connectivity index is 1.45. The van der Waals surface area contributed by atoms with Gasteiger partial charge in [-0.2, -0.15) is 0 Å². The number of esters is 1. The quantitative estimate of drug-likeness (QED) is 0.163. The Labute approximate surface area is 281 Å². The fraction of sp³-hybridized carbons (Fsp3) is 0.175. The zero-order valence-electron chi connectivity index (χ0n) is 26.9. The average molecular weight is 656 g/mol. The molecule has 0 aliphatic carbocycles. The van der Waals surface area contributed by atoms with Gasteiger partial charge in [-0.3, -0.25) is 9.36 Å². The van der Waals surface area contributed by atoms with E-state index in [1.165, 1.54) is 17.4 Å². The van der Waals surface area contributed by atoms with Crippen LogP contribution in [0.15, 0.2) is 125 Å². The topological polar surface area (TPSA) is 65.6 Å². The minimum Gasteiger partial charge on any atom is -0.463 e. The van der Waals surface area contributed by atoms with Crippen LogP contribution in [-0.4, -0.2) is 21.7 Å². The van der Waals surface area contributed by atoms with Crippen molar-refractivity contribution in [1.29, 1.82) is 0 Å². The van der Waals surface area contributed by atoms with Crippen molar-refractivity contribution in [1.82, 2.24) is 9.13 Å². The van der Waals surface area contributed by atoms with E-state index >= 15 is 0 Å². The molecule has 6 nitrogen and oxygen atoms in total. The number of para-hydroxylation sites is 1. The van der Waals surface area contributed by atoms with Crippen LogP contribution in [0.5, 0.6) is 0 Å². The fourth-order valence-corrected chi connectivity index (χ4v) is 7.28. The van der Waals surface area contributed by atoms with Crippen molar-refractivity contribution in [2.45, 2.75) is 39.3 Å². The van der Waals surface area contributed by atoms with Gasteiger partial charge in [0.25, 0.3) is 5.56 Å². The van der Waals surface area contributed by atoms with Crippen LogP contribution in [-0.2, 0) is 16.1 Å². The normalized spacial score (nSPS) is 14.8. The zero-order valence-corrected chi connectivity index (χ0v) is 27.7. The average Bonchev–Trinajstić information content (AvgIpc) is 3.61. The number of benzene rings is 4. The van der Waals surface area contributed by atoms with Crippen molar-refractivity contribution in [3.05, 3.63) is 168 Å². The molecule has 8 heteroatoms. The lowest BCUT2D eigenvalue weighted by molar-refractivity contribution is -0.138. The predicted molar refractivity (Wildman–Crippen MR) is 189 cm³/mol. The largest absolute Gasteiger partial charge is 0.463 e. The molecule has 0 amide bonds. The number of carbonyl (C=O) groups excluding carboxylic acids is 1. The number of halogens is 1. The Morgan fingerprint density at radius 3 is 2.40 bits per heavy atom. The van der Waals surface area contributed by atoms with E-state index in [1.54, 1.807) is 23.6 Å². The minimum absolute atomic E-state index is 0.185. The molecule has 0 N–H and O–H groups in total. The maximum atomic E-state index is 14.6. The van der Waals surface area contributed by atoms with Crippen LogP contribution in [0.4, 0.5) is 4.39 Å². The first kappa shape index (κ1) is 31.3. The van der Waals surface area contributed by atoms with E-state index in [9.17, 15) is 14.0 Å². The van der Waals surface area contributed by atoms with E-state index in [2.05, 4.69) is 13.8 Å². The van der Waals surface area contributed by atoms with E-state index in [-0.39, 0.29) is 18.0 Å². The summed E-state index contributed by atoms with van der Waals surface area (Å²) in [6, 6.07) is 31.5. The molecule has 240 valence electrons. The van der Waals surface area contributed by atoms with Gasteiger partial charge in [-0.15, -0.1) is 0 Å². The summed E-state index contributed by atoms with van der Waals surface area (Å²) in [6.07, 6.45) is 3.83. The highest BCUT2D eigenvalue weighted by molar-refractivity contribution is 7.07. The molecule has 0 spiro atoms. The molecule has 0 radical (unpaired) electrons. The molecule has 1 atom stereocenters. The standard InChI is InChI=1S/C40H34FN3O3S/c1-4-47-39(46)35-36(27-12-6-5-7-13-27)42-40-44(37(35)28-20-18-26(19-21-28)25(2)3)38(45)34(48-40)22-30-24-43(33-17-11-9-15-31(30)33)23-29-14-8-10-16-32(29)41/h5-22,24-25,37H,4,23H2,1-3H3/b34-22-. The van der Waals surface area contributed by atoms with Crippen molar-refractivity contribution in [2.75, 3.05) is 6.61 Å². The second-order valence-corrected chi connectivity index (χ2v) is 13.1. The van der Waals surface area contributed by atoms with Crippen LogP contribution in [0.1, 0.15) is 60.5 Å². The second-order valence-electron chi connectivity index (χ2n) is 12.1. The summed E-state index contributed by atoms with van der Waals surface area (Å²) in [5.41, 5.74) is 5.60. The molecule has 1 unspecified atom stereocenters. The van der Waals surface area contributed by atoms with Gasteiger partial charge in [0.2, 0.25) is 0 Å². The third kappa shape index (κ3) is 5.73. The van der Waals surface area contributed by atoms with Gasteiger partial charge in [-0.25, -0.2) is 14.2 Å². The van der Waals surface area contributed by atoms with E-state index in [0.29, 0.717) is 38.6 Å². The van der Waals surface area contributed by atoms with Crippen molar-refractivity contribution in [2.24, 2.45) is 4.99 Å². The van der Waals surface area contributed by atoms with Gasteiger partial charge in [-0.1, -0.05) is 116 Å². The first-order chi connectivity index (χ1) is 23.3. The number of aromatic nitrogens is 2. The molecule has 48 heavy (non-hydrogen) atoms. The molecule has 6 aromatic rings. The zero-order chi connectivity index (χ0) is 33.4. The molecule has 1 aliphatic rings. The van der Waals surface area contributed by atoms with Gasteiger partial charge in [0.05, 0.1) is 35.0 Å². The van der Waals surface area contributed by atoms with E-state index in [0.717, 1.165) is 33.2 Å². The predicted octanol–water partition coefficient (Wildman–Crippen LogP) is 7.20. The summed E-state index contributed by atoms with van der Waals surface area (Å²) in [5.74, 6) is -0.455. The second kappa shape index (κ2) is 13.0. The van der Waals surface area contributed by atoms with Gasteiger partial charge in [0.15, 0.2) is 4.80 Å². The van der Waals surface area contributed by atoms with Crippen LogP contribution in [0.3, 0.4) is 0 Å². The Bertz CT molecular complexity index is 2370.